The van der Waals surface area contributed by atoms with E-state index in [1.807, 2.05) is 31.2 Å². The van der Waals surface area contributed by atoms with Crippen molar-refractivity contribution in [3.63, 3.8) is 0 Å². The number of methoxy groups -OCH3 is 2. The van der Waals surface area contributed by atoms with Crippen molar-refractivity contribution < 1.29 is 18.7 Å². The van der Waals surface area contributed by atoms with Gasteiger partial charge in [0.05, 0.1) is 37.2 Å². The first kappa shape index (κ1) is 24.1. The second-order valence-corrected chi connectivity index (χ2v) is 9.08. The third-order valence-corrected chi connectivity index (χ3v) is 6.35. The molecule has 2 heterocycles. The molecule has 37 heavy (non-hydrogen) atoms. The Balaban J connectivity index is 1.43. The number of H-pyrrole nitrogens is 1. The molecule has 3 aromatic carbocycles. The number of hydrogen-bond acceptors (Lipinski definition) is 6. The normalized spacial score (nSPS) is 11.2. The van der Waals surface area contributed by atoms with Crippen molar-refractivity contribution in [2.75, 3.05) is 19.5 Å². The van der Waals surface area contributed by atoms with Gasteiger partial charge in [0, 0.05) is 11.3 Å². The van der Waals surface area contributed by atoms with Crippen LogP contribution >= 0.6 is 0 Å². The molecule has 2 N–H and O–H groups in total. The number of carbonyl (C=O) groups excluding carboxylic acids is 1. The van der Waals surface area contributed by atoms with E-state index in [2.05, 4.69) is 41.5 Å². The summed E-state index contributed by atoms with van der Waals surface area (Å²) in [6.45, 7) is 6.31. The van der Waals surface area contributed by atoms with Gasteiger partial charge in [-0.25, -0.2) is 4.98 Å². The predicted molar refractivity (Wildman–Crippen MR) is 143 cm³/mol. The van der Waals surface area contributed by atoms with Crippen molar-refractivity contribution in [2.45, 2.75) is 26.7 Å². The lowest BCUT2D eigenvalue weighted by Gasteiger charge is -2.11. The molecule has 1 amide bonds. The third kappa shape index (κ3) is 4.53. The minimum atomic E-state index is -0.298. The van der Waals surface area contributed by atoms with E-state index < -0.39 is 0 Å². The lowest BCUT2D eigenvalue weighted by Crippen LogP contribution is -2.13. The SMILES string of the molecule is COc1ccc(OC)c(C(=O)Nc2ccc(-c3[nH]ncc3-c3nc4c(C)ccc(C(C)C)c4o3)cc2)c1. The molecule has 0 atom stereocenters. The first-order valence-corrected chi connectivity index (χ1v) is 12.0. The smallest absolute Gasteiger partial charge is 0.259 e. The standard InChI is InChI=1S/C29H28N4O4/c1-16(2)21-12-6-17(3)25-27(21)37-29(32-25)23-15-30-33-26(23)18-7-9-19(10-8-18)31-28(34)22-14-20(35-4)11-13-24(22)36-5/h6-16H,1-5H3,(H,30,33)(H,31,34). The number of anilines is 1. The highest BCUT2D eigenvalue weighted by Gasteiger charge is 2.20. The Morgan fingerprint density at radius 3 is 2.51 bits per heavy atom. The lowest BCUT2D eigenvalue weighted by atomic mass is 10.0. The van der Waals surface area contributed by atoms with Crippen LogP contribution in [0.2, 0.25) is 0 Å². The zero-order valence-corrected chi connectivity index (χ0v) is 21.4. The van der Waals surface area contributed by atoms with Crippen molar-refractivity contribution in [2.24, 2.45) is 0 Å². The first-order valence-electron chi connectivity index (χ1n) is 12.0. The summed E-state index contributed by atoms with van der Waals surface area (Å²) in [5.74, 6) is 1.56. The molecule has 0 fully saturated rings. The minimum Gasteiger partial charge on any atom is -0.497 e. The first-order chi connectivity index (χ1) is 17.9. The van der Waals surface area contributed by atoms with Gasteiger partial charge in [0.1, 0.15) is 17.0 Å². The summed E-state index contributed by atoms with van der Waals surface area (Å²) in [6, 6.07) is 16.7. The van der Waals surface area contributed by atoms with E-state index in [4.69, 9.17) is 18.9 Å². The second kappa shape index (κ2) is 9.81. The van der Waals surface area contributed by atoms with Crippen molar-refractivity contribution in [1.82, 2.24) is 15.2 Å². The molecule has 0 spiro atoms. The number of aryl methyl sites for hydroxylation is 1. The predicted octanol–water partition coefficient (Wildman–Crippen LogP) is 6.59. The summed E-state index contributed by atoms with van der Waals surface area (Å²) < 4.78 is 16.8. The monoisotopic (exact) mass is 496 g/mol. The maximum absolute atomic E-state index is 12.9. The van der Waals surface area contributed by atoms with E-state index in [0.29, 0.717) is 34.6 Å². The molecule has 8 heteroatoms. The van der Waals surface area contributed by atoms with E-state index in [1.165, 1.54) is 7.11 Å². The number of hydrogen-bond donors (Lipinski definition) is 2. The zero-order chi connectivity index (χ0) is 26.1. The summed E-state index contributed by atoms with van der Waals surface area (Å²) in [5.41, 5.74) is 7.30. The molecule has 0 saturated heterocycles. The third-order valence-electron chi connectivity index (χ3n) is 6.35. The molecule has 2 aromatic heterocycles. The van der Waals surface area contributed by atoms with Crippen molar-refractivity contribution in [3.8, 4) is 34.2 Å². The molecule has 0 unspecified atom stereocenters. The highest BCUT2D eigenvalue weighted by molar-refractivity contribution is 6.06. The molecule has 0 aliphatic carbocycles. The van der Waals surface area contributed by atoms with Gasteiger partial charge in [-0.3, -0.25) is 9.89 Å². The van der Waals surface area contributed by atoms with E-state index in [0.717, 1.165) is 39.0 Å². The number of ether oxygens (including phenoxy) is 2. The fourth-order valence-corrected chi connectivity index (χ4v) is 4.30. The molecule has 0 saturated carbocycles. The fraction of sp³-hybridized carbons (Fsp3) is 0.207. The molecule has 188 valence electrons. The average Bonchev–Trinajstić information content (AvgIpc) is 3.57. The molecule has 8 nitrogen and oxygen atoms in total. The molecule has 5 rings (SSSR count). The number of oxazole rings is 1. The Labute approximate surface area is 214 Å². The molecule has 0 aliphatic heterocycles. The summed E-state index contributed by atoms with van der Waals surface area (Å²) in [4.78, 5) is 17.7. The fourth-order valence-electron chi connectivity index (χ4n) is 4.30. The largest absolute Gasteiger partial charge is 0.497 e. The Kier molecular flexibility index (Phi) is 6.40. The quantitative estimate of drug-likeness (QED) is 0.264. The molecule has 0 bridgehead atoms. The zero-order valence-electron chi connectivity index (χ0n) is 21.4. The summed E-state index contributed by atoms with van der Waals surface area (Å²) >= 11 is 0. The highest BCUT2D eigenvalue weighted by atomic mass is 16.5. The van der Waals surface area contributed by atoms with E-state index >= 15 is 0 Å². The topological polar surface area (TPSA) is 102 Å². The Bertz CT molecular complexity index is 1580. The van der Waals surface area contributed by atoms with Crippen LogP contribution in [0.5, 0.6) is 11.5 Å². The van der Waals surface area contributed by atoms with Gasteiger partial charge >= 0.3 is 0 Å². The maximum atomic E-state index is 12.9. The maximum Gasteiger partial charge on any atom is 0.259 e. The van der Waals surface area contributed by atoms with Crippen LogP contribution in [0.1, 0.15) is 41.3 Å². The molecule has 0 radical (unpaired) electrons. The molecule has 5 aromatic rings. The Hall–Kier alpha value is -4.59. The van der Waals surface area contributed by atoms with Gasteiger partial charge in [0.2, 0.25) is 5.89 Å². The van der Waals surface area contributed by atoms with Crippen molar-refractivity contribution in [3.05, 3.63) is 77.5 Å². The minimum absolute atomic E-state index is 0.298. The van der Waals surface area contributed by atoms with Gasteiger partial charge in [-0.05, 0) is 54.3 Å². The van der Waals surface area contributed by atoms with Crippen LogP contribution in [0, 0.1) is 6.92 Å². The highest BCUT2D eigenvalue weighted by Crippen LogP contribution is 2.36. The van der Waals surface area contributed by atoms with Gasteiger partial charge in [0.25, 0.3) is 5.91 Å². The number of amides is 1. The number of rotatable bonds is 7. The Morgan fingerprint density at radius 1 is 1.03 bits per heavy atom. The number of aromatic amines is 1. The molecular formula is C29H28N4O4. The van der Waals surface area contributed by atoms with Crippen LogP contribution in [-0.2, 0) is 0 Å². The molecule has 0 aliphatic rings. The summed E-state index contributed by atoms with van der Waals surface area (Å²) in [5, 5.41) is 10.2. The van der Waals surface area contributed by atoms with Gasteiger partial charge in [-0.15, -0.1) is 0 Å². The van der Waals surface area contributed by atoms with E-state index in [1.54, 1.807) is 31.5 Å². The summed E-state index contributed by atoms with van der Waals surface area (Å²) in [7, 11) is 3.08. The number of benzene rings is 3. The van der Waals surface area contributed by atoms with Crippen LogP contribution in [0.4, 0.5) is 5.69 Å². The van der Waals surface area contributed by atoms with Crippen LogP contribution < -0.4 is 14.8 Å². The molecular weight excluding hydrogens is 468 g/mol. The van der Waals surface area contributed by atoms with E-state index in [-0.39, 0.29) is 5.91 Å². The summed E-state index contributed by atoms with van der Waals surface area (Å²) in [6.07, 6.45) is 1.72. The number of carbonyl (C=O) groups is 1. The Morgan fingerprint density at radius 2 is 1.81 bits per heavy atom. The number of nitrogens with zero attached hydrogens (tertiary/aromatic N) is 2. The van der Waals surface area contributed by atoms with Crippen LogP contribution in [0.15, 0.2) is 65.2 Å². The van der Waals surface area contributed by atoms with Crippen LogP contribution in [-0.4, -0.2) is 35.3 Å². The number of aromatic nitrogens is 3. The van der Waals surface area contributed by atoms with Crippen LogP contribution in [0.25, 0.3) is 33.8 Å². The van der Waals surface area contributed by atoms with Crippen LogP contribution in [0.3, 0.4) is 0 Å². The lowest BCUT2D eigenvalue weighted by molar-refractivity contribution is 0.102. The van der Waals surface area contributed by atoms with Gasteiger partial charge in [-0.2, -0.15) is 5.10 Å². The van der Waals surface area contributed by atoms with Crippen molar-refractivity contribution in [1.29, 1.82) is 0 Å². The van der Waals surface area contributed by atoms with Crippen molar-refractivity contribution >= 4 is 22.7 Å². The van der Waals surface area contributed by atoms with Gasteiger partial charge < -0.3 is 19.2 Å². The van der Waals surface area contributed by atoms with Gasteiger partial charge in [-0.1, -0.05) is 38.1 Å². The number of fused-ring (bicyclic) bond motifs is 1. The second-order valence-electron chi connectivity index (χ2n) is 9.08. The average molecular weight is 497 g/mol. The van der Waals surface area contributed by atoms with Gasteiger partial charge in [0.15, 0.2) is 5.58 Å². The van der Waals surface area contributed by atoms with E-state index in [9.17, 15) is 4.79 Å². The number of nitrogens with one attached hydrogen (secondary N) is 2.